The summed E-state index contributed by atoms with van der Waals surface area (Å²) in [5, 5.41) is 8.70. The Balaban J connectivity index is 2.28. The minimum Gasteiger partial charge on any atom is -0.475 e. The quantitative estimate of drug-likeness (QED) is 0.788. The first-order valence-corrected chi connectivity index (χ1v) is 6.32. The van der Waals surface area contributed by atoms with E-state index in [9.17, 15) is 13.2 Å². The van der Waals surface area contributed by atoms with Crippen LogP contribution in [-0.4, -0.2) is 38.7 Å². The Morgan fingerprint density at radius 3 is 2.59 bits per heavy atom. The third kappa shape index (κ3) is 2.33. The molecule has 1 aromatic rings. The second-order valence-corrected chi connectivity index (χ2v) is 5.37. The molecule has 7 nitrogen and oxygen atoms in total. The van der Waals surface area contributed by atoms with Crippen LogP contribution in [0.25, 0.3) is 0 Å². The number of carboxylic acid groups (broad SMARTS) is 1. The van der Waals surface area contributed by atoms with Crippen LogP contribution in [0.4, 0.5) is 0 Å². The zero-order valence-electron chi connectivity index (χ0n) is 8.97. The number of ether oxygens (including phenoxy) is 1. The van der Waals surface area contributed by atoms with Gasteiger partial charge in [-0.3, -0.25) is 0 Å². The largest absolute Gasteiger partial charge is 0.475 e. The molecule has 1 saturated heterocycles. The first kappa shape index (κ1) is 12.1. The summed E-state index contributed by atoms with van der Waals surface area (Å²) in [6, 6.07) is 0.738. The average Bonchev–Trinajstić information content (AvgIpc) is 2.55. The Hall–Kier alpha value is -1.38. The van der Waals surface area contributed by atoms with E-state index in [2.05, 4.69) is 4.72 Å². The Morgan fingerprint density at radius 2 is 2.18 bits per heavy atom. The van der Waals surface area contributed by atoms with Crippen molar-refractivity contribution in [3.8, 4) is 0 Å². The molecule has 0 amide bonds. The SMILES string of the molecule is Cc1oc(C(=O)O)cc1S(=O)(=O)NC1COC1. The van der Waals surface area contributed by atoms with Crippen LogP contribution in [0, 0.1) is 6.92 Å². The zero-order chi connectivity index (χ0) is 12.6. The van der Waals surface area contributed by atoms with Gasteiger partial charge in [0.15, 0.2) is 0 Å². The highest BCUT2D eigenvalue weighted by Gasteiger charge is 2.29. The predicted octanol–water partition coefficient (Wildman–Crippen LogP) is -0.0367. The minimum absolute atomic E-state index is 0.0511. The van der Waals surface area contributed by atoms with E-state index in [0.717, 1.165) is 6.07 Å². The monoisotopic (exact) mass is 261 g/mol. The number of carbonyl (C=O) groups is 1. The van der Waals surface area contributed by atoms with Crippen LogP contribution in [0.2, 0.25) is 0 Å². The van der Waals surface area contributed by atoms with Gasteiger partial charge < -0.3 is 14.3 Å². The average molecular weight is 261 g/mol. The summed E-state index contributed by atoms with van der Waals surface area (Å²) in [4.78, 5) is 10.5. The van der Waals surface area contributed by atoms with Gasteiger partial charge in [0, 0.05) is 6.07 Å². The van der Waals surface area contributed by atoms with Gasteiger partial charge in [0.1, 0.15) is 10.7 Å². The van der Waals surface area contributed by atoms with Crippen molar-refractivity contribution in [2.75, 3.05) is 13.2 Å². The van der Waals surface area contributed by atoms with Gasteiger partial charge in [-0.15, -0.1) is 0 Å². The number of hydrogen-bond acceptors (Lipinski definition) is 5. The molecular weight excluding hydrogens is 250 g/mol. The number of aryl methyl sites for hydroxylation is 1. The number of nitrogens with one attached hydrogen (secondary N) is 1. The minimum atomic E-state index is -3.75. The van der Waals surface area contributed by atoms with Crippen molar-refractivity contribution in [1.29, 1.82) is 0 Å². The lowest BCUT2D eigenvalue weighted by Crippen LogP contribution is -2.48. The highest BCUT2D eigenvalue weighted by atomic mass is 32.2. The Labute approximate surface area is 97.4 Å². The summed E-state index contributed by atoms with van der Waals surface area (Å²) in [6.45, 7) is 2.04. The van der Waals surface area contributed by atoms with Crippen LogP contribution >= 0.6 is 0 Å². The fraction of sp³-hybridized carbons (Fsp3) is 0.444. The fourth-order valence-corrected chi connectivity index (χ4v) is 2.81. The topological polar surface area (TPSA) is 106 Å². The molecule has 1 fully saturated rings. The molecule has 1 aliphatic rings. The molecular formula is C9H11NO6S. The van der Waals surface area contributed by atoms with Crippen molar-refractivity contribution >= 4 is 16.0 Å². The van der Waals surface area contributed by atoms with Crippen LogP contribution < -0.4 is 4.72 Å². The van der Waals surface area contributed by atoms with Crippen molar-refractivity contribution in [3.63, 3.8) is 0 Å². The van der Waals surface area contributed by atoms with Gasteiger partial charge in [-0.25, -0.2) is 17.9 Å². The zero-order valence-corrected chi connectivity index (χ0v) is 9.78. The van der Waals surface area contributed by atoms with Crippen molar-refractivity contribution in [3.05, 3.63) is 17.6 Å². The summed E-state index contributed by atoms with van der Waals surface area (Å²) in [6.07, 6.45) is 0. The summed E-state index contributed by atoms with van der Waals surface area (Å²) in [5.41, 5.74) is 0. The number of furan rings is 1. The lowest BCUT2D eigenvalue weighted by Gasteiger charge is -2.26. The molecule has 0 aromatic carbocycles. The molecule has 2 N–H and O–H groups in total. The maximum atomic E-state index is 11.9. The highest BCUT2D eigenvalue weighted by Crippen LogP contribution is 2.20. The molecule has 0 spiro atoms. The van der Waals surface area contributed by atoms with Crippen LogP contribution in [0.1, 0.15) is 16.3 Å². The van der Waals surface area contributed by atoms with E-state index in [1.54, 1.807) is 0 Å². The summed E-state index contributed by atoms with van der Waals surface area (Å²) in [5.74, 6) is -1.65. The third-order valence-electron chi connectivity index (χ3n) is 2.33. The number of carboxylic acids is 1. The number of hydrogen-bond donors (Lipinski definition) is 2. The van der Waals surface area contributed by atoms with Gasteiger partial charge >= 0.3 is 5.97 Å². The van der Waals surface area contributed by atoms with Crippen LogP contribution in [0.15, 0.2) is 15.4 Å². The van der Waals surface area contributed by atoms with E-state index in [-0.39, 0.29) is 16.7 Å². The van der Waals surface area contributed by atoms with Crippen molar-refractivity contribution in [2.24, 2.45) is 0 Å². The van der Waals surface area contributed by atoms with Gasteiger partial charge in [-0.1, -0.05) is 0 Å². The summed E-state index contributed by atoms with van der Waals surface area (Å²) >= 11 is 0. The second-order valence-electron chi connectivity index (χ2n) is 3.69. The molecule has 0 radical (unpaired) electrons. The van der Waals surface area contributed by atoms with Gasteiger partial charge in [0.05, 0.1) is 19.3 Å². The van der Waals surface area contributed by atoms with Crippen LogP contribution in [-0.2, 0) is 14.8 Å². The van der Waals surface area contributed by atoms with Gasteiger partial charge in [0.2, 0.25) is 15.8 Å². The molecule has 0 unspecified atom stereocenters. The molecule has 1 aliphatic heterocycles. The second kappa shape index (κ2) is 4.13. The Morgan fingerprint density at radius 1 is 1.53 bits per heavy atom. The van der Waals surface area contributed by atoms with Crippen LogP contribution in [0.3, 0.4) is 0 Å². The van der Waals surface area contributed by atoms with Crippen molar-refractivity contribution < 1.29 is 27.5 Å². The van der Waals surface area contributed by atoms with E-state index >= 15 is 0 Å². The molecule has 17 heavy (non-hydrogen) atoms. The molecule has 1 aromatic heterocycles. The Kier molecular flexibility index (Phi) is 2.94. The first-order valence-electron chi connectivity index (χ1n) is 4.84. The molecule has 0 bridgehead atoms. The number of sulfonamides is 1. The highest BCUT2D eigenvalue weighted by molar-refractivity contribution is 7.89. The normalized spacial score (nSPS) is 16.8. The van der Waals surface area contributed by atoms with Gasteiger partial charge in [-0.05, 0) is 6.92 Å². The lowest BCUT2D eigenvalue weighted by atomic mass is 10.3. The molecule has 0 aliphatic carbocycles. The summed E-state index contributed by atoms with van der Waals surface area (Å²) < 4.78 is 35.8. The van der Waals surface area contributed by atoms with E-state index in [1.807, 2.05) is 0 Å². The van der Waals surface area contributed by atoms with E-state index in [1.165, 1.54) is 6.92 Å². The molecule has 2 heterocycles. The molecule has 2 rings (SSSR count). The Bertz CT molecular complexity index is 542. The molecule has 8 heteroatoms. The van der Waals surface area contributed by atoms with Gasteiger partial charge in [0.25, 0.3) is 0 Å². The van der Waals surface area contributed by atoms with Crippen LogP contribution in [0.5, 0.6) is 0 Å². The molecule has 0 saturated carbocycles. The molecule has 94 valence electrons. The third-order valence-corrected chi connectivity index (χ3v) is 3.96. The number of rotatable bonds is 4. The fourth-order valence-electron chi connectivity index (χ4n) is 1.42. The van der Waals surface area contributed by atoms with Crippen molar-refractivity contribution in [1.82, 2.24) is 4.72 Å². The van der Waals surface area contributed by atoms with E-state index < -0.39 is 21.8 Å². The maximum absolute atomic E-state index is 11.9. The first-order chi connectivity index (χ1) is 7.90. The van der Waals surface area contributed by atoms with E-state index in [4.69, 9.17) is 14.3 Å². The van der Waals surface area contributed by atoms with Gasteiger partial charge in [-0.2, -0.15) is 0 Å². The number of aromatic carboxylic acids is 1. The standard InChI is InChI=1S/C9H11NO6S/c1-5-8(2-7(16-5)9(11)12)17(13,14)10-6-3-15-4-6/h2,6,10H,3-4H2,1H3,(H,11,12). The summed E-state index contributed by atoms with van der Waals surface area (Å²) in [7, 11) is -3.75. The predicted molar refractivity (Wildman–Crippen MR) is 55.3 cm³/mol. The smallest absolute Gasteiger partial charge is 0.371 e. The van der Waals surface area contributed by atoms with E-state index in [0.29, 0.717) is 13.2 Å². The maximum Gasteiger partial charge on any atom is 0.371 e. The van der Waals surface area contributed by atoms with Crippen molar-refractivity contribution in [2.45, 2.75) is 17.9 Å². The lowest BCUT2D eigenvalue weighted by molar-refractivity contribution is 0.00481. The molecule has 0 atom stereocenters.